The molecule has 1 N–H and O–H groups in total. The number of ether oxygens (including phenoxy) is 2. The zero-order valence-electron chi connectivity index (χ0n) is 11.9. The summed E-state index contributed by atoms with van der Waals surface area (Å²) < 4.78 is 11.7. The number of hydrogen-bond acceptors (Lipinski definition) is 3. The van der Waals surface area contributed by atoms with Crippen LogP contribution in [0.3, 0.4) is 0 Å². The first-order chi connectivity index (χ1) is 8.09. The van der Waals surface area contributed by atoms with Crippen LogP contribution in [0.15, 0.2) is 0 Å². The molecule has 1 aliphatic heterocycles. The minimum absolute atomic E-state index is 0.294. The summed E-state index contributed by atoms with van der Waals surface area (Å²) in [6.07, 6.45) is 4.26. The highest BCUT2D eigenvalue weighted by Gasteiger charge is 2.19. The van der Waals surface area contributed by atoms with Gasteiger partial charge in [0.2, 0.25) is 0 Å². The summed E-state index contributed by atoms with van der Waals surface area (Å²) in [7, 11) is 0. The predicted octanol–water partition coefficient (Wildman–Crippen LogP) is 2.59. The van der Waals surface area contributed by atoms with Crippen LogP contribution in [-0.4, -0.2) is 38.0 Å². The second-order valence-electron chi connectivity index (χ2n) is 5.67. The normalized spacial score (nSPS) is 23.3. The van der Waals surface area contributed by atoms with Gasteiger partial charge in [0.25, 0.3) is 0 Å². The van der Waals surface area contributed by atoms with Gasteiger partial charge in [0.1, 0.15) is 0 Å². The van der Waals surface area contributed by atoms with Crippen molar-refractivity contribution in [3.05, 3.63) is 0 Å². The Morgan fingerprint density at radius 2 is 2.00 bits per heavy atom. The number of hydrogen-bond donors (Lipinski definition) is 1. The SMILES string of the molecule is CC(C)NCC(OCC1CCCCO1)C(C)C. The van der Waals surface area contributed by atoms with Crippen LogP contribution in [0.2, 0.25) is 0 Å². The topological polar surface area (TPSA) is 30.5 Å². The van der Waals surface area contributed by atoms with Gasteiger partial charge >= 0.3 is 0 Å². The lowest BCUT2D eigenvalue weighted by molar-refractivity contribution is -0.0724. The quantitative estimate of drug-likeness (QED) is 0.745. The molecule has 0 radical (unpaired) electrons. The molecule has 1 aliphatic rings. The third-order valence-corrected chi connectivity index (χ3v) is 3.24. The van der Waals surface area contributed by atoms with E-state index in [-0.39, 0.29) is 0 Å². The van der Waals surface area contributed by atoms with E-state index in [9.17, 15) is 0 Å². The standard InChI is InChI=1S/C14H29NO2/c1-11(2)14(9-15-12(3)4)17-10-13-7-5-6-8-16-13/h11-15H,5-10H2,1-4H3. The van der Waals surface area contributed by atoms with Gasteiger partial charge in [0, 0.05) is 19.2 Å². The maximum Gasteiger partial charge on any atom is 0.0808 e. The minimum Gasteiger partial charge on any atom is -0.376 e. The van der Waals surface area contributed by atoms with E-state index in [4.69, 9.17) is 9.47 Å². The summed E-state index contributed by atoms with van der Waals surface area (Å²) in [5, 5.41) is 3.45. The third-order valence-electron chi connectivity index (χ3n) is 3.24. The molecule has 2 atom stereocenters. The zero-order valence-corrected chi connectivity index (χ0v) is 11.9. The van der Waals surface area contributed by atoms with E-state index < -0.39 is 0 Å². The van der Waals surface area contributed by atoms with Gasteiger partial charge < -0.3 is 14.8 Å². The molecular weight excluding hydrogens is 214 g/mol. The van der Waals surface area contributed by atoms with Crippen LogP contribution in [0.4, 0.5) is 0 Å². The van der Waals surface area contributed by atoms with E-state index in [0.717, 1.165) is 26.2 Å². The van der Waals surface area contributed by atoms with Gasteiger partial charge in [-0.3, -0.25) is 0 Å². The molecule has 3 heteroatoms. The van der Waals surface area contributed by atoms with E-state index in [1.54, 1.807) is 0 Å². The van der Waals surface area contributed by atoms with Crippen LogP contribution in [-0.2, 0) is 9.47 Å². The monoisotopic (exact) mass is 243 g/mol. The number of nitrogens with one attached hydrogen (secondary N) is 1. The van der Waals surface area contributed by atoms with E-state index >= 15 is 0 Å². The van der Waals surface area contributed by atoms with Gasteiger partial charge in [-0.2, -0.15) is 0 Å². The lowest BCUT2D eigenvalue weighted by Crippen LogP contribution is -2.38. The maximum absolute atomic E-state index is 6.01. The van der Waals surface area contributed by atoms with Crippen LogP contribution in [0.5, 0.6) is 0 Å². The fourth-order valence-corrected chi connectivity index (χ4v) is 2.01. The first-order valence-corrected chi connectivity index (χ1v) is 7.06. The van der Waals surface area contributed by atoms with Gasteiger partial charge in [-0.05, 0) is 25.2 Å². The number of rotatable bonds is 7. The molecule has 0 aromatic rings. The summed E-state index contributed by atoms with van der Waals surface area (Å²) in [5.41, 5.74) is 0. The Hall–Kier alpha value is -0.120. The van der Waals surface area contributed by atoms with Gasteiger partial charge in [0.15, 0.2) is 0 Å². The summed E-state index contributed by atoms with van der Waals surface area (Å²) in [6.45, 7) is 11.4. The molecule has 0 spiro atoms. The Balaban J connectivity index is 2.23. The molecule has 17 heavy (non-hydrogen) atoms. The van der Waals surface area contributed by atoms with E-state index in [0.29, 0.717) is 24.2 Å². The van der Waals surface area contributed by atoms with E-state index in [2.05, 4.69) is 33.0 Å². The molecule has 1 fully saturated rings. The predicted molar refractivity (Wildman–Crippen MR) is 71.3 cm³/mol. The van der Waals surface area contributed by atoms with Gasteiger partial charge in [0.05, 0.1) is 18.8 Å². The molecule has 1 saturated heterocycles. The average molecular weight is 243 g/mol. The summed E-state index contributed by atoms with van der Waals surface area (Å²) in [6, 6.07) is 0.519. The smallest absolute Gasteiger partial charge is 0.0808 e. The first kappa shape index (κ1) is 14.9. The molecule has 102 valence electrons. The summed E-state index contributed by atoms with van der Waals surface area (Å²) >= 11 is 0. The van der Waals surface area contributed by atoms with Crippen molar-refractivity contribution >= 4 is 0 Å². The average Bonchev–Trinajstić information content (AvgIpc) is 2.29. The first-order valence-electron chi connectivity index (χ1n) is 7.06. The van der Waals surface area contributed by atoms with Crippen molar-refractivity contribution in [2.45, 2.75) is 65.2 Å². The van der Waals surface area contributed by atoms with Crippen LogP contribution < -0.4 is 5.32 Å². The minimum atomic E-state index is 0.294. The second kappa shape index (κ2) is 8.06. The van der Waals surface area contributed by atoms with Crippen molar-refractivity contribution < 1.29 is 9.47 Å². The molecule has 0 saturated carbocycles. The Kier molecular flexibility index (Phi) is 7.09. The van der Waals surface area contributed by atoms with Gasteiger partial charge in [-0.25, -0.2) is 0 Å². The highest BCUT2D eigenvalue weighted by molar-refractivity contribution is 4.70. The molecule has 0 aliphatic carbocycles. The molecule has 0 aromatic heterocycles. The second-order valence-corrected chi connectivity index (χ2v) is 5.67. The summed E-state index contributed by atoms with van der Waals surface area (Å²) in [4.78, 5) is 0. The van der Waals surface area contributed by atoms with Crippen molar-refractivity contribution in [1.82, 2.24) is 5.32 Å². The molecule has 0 amide bonds. The lowest BCUT2D eigenvalue weighted by Gasteiger charge is -2.28. The van der Waals surface area contributed by atoms with Gasteiger partial charge in [-0.1, -0.05) is 27.7 Å². The molecule has 0 bridgehead atoms. The van der Waals surface area contributed by atoms with Crippen molar-refractivity contribution in [2.75, 3.05) is 19.8 Å². The molecule has 0 aromatic carbocycles. The lowest BCUT2D eigenvalue weighted by atomic mass is 10.1. The largest absolute Gasteiger partial charge is 0.376 e. The Morgan fingerprint density at radius 1 is 1.24 bits per heavy atom. The highest BCUT2D eigenvalue weighted by Crippen LogP contribution is 2.15. The van der Waals surface area contributed by atoms with Crippen molar-refractivity contribution in [3.63, 3.8) is 0 Å². The van der Waals surface area contributed by atoms with E-state index in [1.165, 1.54) is 12.8 Å². The fourth-order valence-electron chi connectivity index (χ4n) is 2.01. The van der Waals surface area contributed by atoms with Crippen molar-refractivity contribution in [1.29, 1.82) is 0 Å². The van der Waals surface area contributed by atoms with Gasteiger partial charge in [-0.15, -0.1) is 0 Å². The third kappa shape index (κ3) is 6.39. The van der Waals surface area contributed by atoms with Crippen molar-refractivity contribution in [2.24, 2.45) is 5.92 Å². The zero-order chi connectivity index (χ0) is 12.7. The molecule has 1 heterocycles. The van der Waals surface area contributed by atoms with E-state index in [1.807, 2.05) is 0 Å². The molecule has 3 nitrogen and oxygen atoms in total. The Labute approximate surface area is 106 Å². The molecule has 2 unspecified atom stereocenters. The highest BCUT2D eigenvalue weighted by atomic mass is 16.5. The van der Waals surface area contributed by atoms with Crippen LogP contribution in [0, 0.1) is 5.92 Å². The van der Waals surface area contributed by atoms with Crippen molar-refractivity contribution in [3.8, 4) is 0 Å². The summed E-state index contributed by atoms with van der Waals surface area (Å²) in [5.74, 6) is 0.546. The molecule has 1 rings (SSSR count). The maximum atomic E-state index is 6.01. The van der Waals surface area contributed by atoms with Crippen LogP contribution >= 0.6 is 0 Å². The van der Waals surface area contributed by atoms with Crippen LogP contribution in [0.1, 0.15) is 47.0 Å². The Bertz CT molecular complexity index is 189. The Morgan fingerprint density at radius 3 is 2.53 bits per heavy atom. The fraction of sp³-hybridized carbons (Fsp3) is 1.00. The van der Waals surface area contributed by atoms with Crippen LogP contribution in [0.25, 0.3) is 0 Å². The molecular formula is C14H29NO2.